The van der Waals surface area contributed by atoms with Gasteiger partial charge in [-0.25, -0.2) is 0 Å². The van der Waals surface area contributed by atoms with Crippen molar-refractivity contribution < 1.29 is 0 Å². The molecule has 2 aromatic carbocycles. The molecule has 0 unspecified atom stereocenters. The van der Waals surface area contributed by atoms with Gasteiger partial charge >= 0.3 is 0 Å². The van der Waals surface area contributed by atoms with Gasteiger partial charge in [0, 0.05) is 0 Å². The maximum absolute atomic E-state index is 13.1. The summed E-state index contributed by atoms with van der Waals surface area (Å²) in [5.74, 6) is 0. The van der Waals surface area contributed by atoms with Crippen LogP contribution in [0.15, 0.2) is 59.4 Å². The van der Waals surface area contributed by atoms with Crippen LogP contribution in [0.5, 0.6) is 0 Å². The molecule has 1 heterocycles. The van der Waals surface area contributed by atoms with Gasteiger partial charge in [-0.1, -0.05) is 75.4 Å². The number of benzene rings is 2. The third kappa shape index (κ3) is 4.54. The predicted octanol–water partition coefficient (Wildman–Crippen LogP) is 3.28. The first-order valence-electron chi connectivity index (χ1n) is 9.24. The van der Waals surface area contributed by atoms with Crippen molar-refractivity contribution in [3.63, 3.8) is 0 Å². The molecular formula is C24H21N3OS. The molecule has 0 saturated carbocycles. The molecule has 3 rings (SSSR count). The Hall–Kier alpha value is -3.41. The lowest BCUT2D eigenvalue weighted by atomic mass is 9.87. The van der Waals surface area contributed by atoms with Crippen LogP contribution < -0.4 is 14.8 Å². The first-order chi connectivity index (χ1) is 13.8. The monoisotopic (exact) mass is 399 g/mol. The number of nitrogens with zero attached hydrogens (tertiary/aromatic N) is 3. The van der Waals surface area contributed by atoms with Crippen LogP contribution in [0, 0.1) is 22.7 Å². The highest BCUT2D eigenvalue weighted by molar-refractivity contribution is 7.07. The van der Waals surface area contributed by atoms with Gasteiger partial charge in [-0.15, -0.1) is 11.3 Å². The van der Waals surface area contributed by atoms with Gasteiger partial charge in [0.15, 0.2) is 5.57 Å². The number of hydrogen-bond acceptors (Lipinski definition) is 4. The van der Waals surface area contributed by atoms with Crippen molar-refractivity contribution >= 4 is 23.0 Å². The number of nitriles is 2. The van der Waals surface area contributed by atoms with Crippen molar-refractivity contribution in [3.8, 4) is 12.1 Å². The van der Waals surface area contributed by atoms with Crippen LogP contribution in [0.4, 0.5) is 0 Å². The zero-order chi connectivity index (χ0) is 21.0. The fourth-order valence-corrected chi connectivity index (χ4v) is 4.02. The van der Waals surface area contributed by atoms with Crippen molar-refractivity contribution in [2.45, 2.75) is 32.7 Å². The molecule has 0 radical (unpaired) electrons. The lowest BCUT2D eigenvalue weighted by Gasteiger charge is -2.18. The lowest BCUT2D eigenvalue weighted by molar-refractivity contribution is 0.590. The van der Waals surface area contributed by atoms with Gasteiger partial charge in [-0.3, -0.25) is 9.36 Å². The van der Waals surface area contributed by atoms with Crippen LogP contribution in [0.3, 0.4) is 0 Å². The second-order valence-corrected chi connectivity index (χ2v) is 8.79. The minimum absolute atomic E-state index is 0.0502. The van der Waals surface area contributed by atoms with Crippen LogP contribution in [0.25, 0.3) is 11.6 Å². The van der Waals surface area contributed by atoms with E-state index in [2.05, 4.69) is 32.9 Å². The van der Waals surface area contributed by atoms with Crippen LogP contribution in [0.2, 0.25) is 0 Å². The van der Waals surface area contributed by atoms with Gasteiger partial charge in [0.05, 0.1) is 11.1 Å². The van der Waals surface area contributed by atoms with Gasteiger partial charge < -0.3 is 0 Å². The topological polar surface area (TPSA) is 69.6 Å². The summed E-state index contributed by atoms with van der Waals surface area (Å²) in [6.07, 6.45) is 1.82. The summed E-state index contributed by atoms with van der Waals surface area (Å²) < 4.78 is 2.40. The predicted molar refractivity (Wildman–Crippen MR) is 117 cm³/mol. The molecule has 0 amide bonds. The summed E-state index contributed by atoms with van der Waals surface area (Å²) in [4.78, 5) is 13.1. The molecule has 0 fully saturated rings. The number of rotatable bonds is 3. The van der Waals surface area contributed by atoms with E-state index in [-0.39, 0.29) is 16.5 Å². The summed E-state index contributed by atoms with van der Waals surface area (Å²) in [7, 11) is 0. The average molecular weight is 400 g/mol. The van der Waals surface area contributed by atoms with E-state index in [4.69, 9.17) is 0 Å². The van der Waals surface area contributed by atoms with Crippen LogP contribution in [-0.4, -0.2) is 4.57 Å². The second-order valence-electron chi connectivity index (χ2n) is 7.76. The van der Waals surface area contributed by atoms with E-state index in [9.17, 15) is 15.3 Å². The second kappa shape index (κ2) is 8.31. The smallest absolute Gasteiger partial charge is 0.269 e. The maximum Gasteiger partial charge on any atom is 0.269 e. The van der Waals surface area contributed by atoms with E-state index >= 15 is 0 Å². The van der Waals surface area contributed by atoms with Crippen LogP contribution in [0.1, 0.15) is 37.5 Å². The summed E-state index contributed by atoms with van der Waals surface area (Å²) in [6.45, 7) is 6.77. The van der Waals surface area contributed by atoms with Crippen molar-refractivity contribution in [3.05, 3.63) is 90.8 Å². The van der Waals surface area contributed by atoms with Crippen molar-refractivity contribution in [2.24, 2.45) is 0 Å². The molecule has 5 heteroatoms. The van der Waals surface area contributed by atoms with Crippen molar-refractivity contribution in [2.75, 3.05) is 0 Å². The van der Waals surface area contributed by atoms with E-state index in [0.29, 0.717) is 15.7 Å². The molecule has 3 aromatic rings. The van der Waals surface area contributed by atoms with Crippen LogP contribution >= 0.6 is 11.3 Å². The Labute approximate surface area is 173 Å². The Balaban J connectivity index is 2.17. The molecule has 1 aromatic heterocycles. The Morgan fingerprint density at radius 2 is 1.66 bits per heavy atom. The molecule has 0 aliphatic heterocycles. The van der Waals surface area contributed by atoms with Crippen LogP contribution in [-0.2, 0) is 12.0 Å². The molecule has 0 spiro atoms. The lowest BCUT2D eigenvalue weighted by Crippen LogP contribution is -2.32. The number of hydrogen-bond donors (Lipinski definition) is 0. The minimum Gasteiger partial charge on any atom is -0.293 e. The molecule has 0 bridgehead atoms. The molecule has 0 atom stereocenters. The summed E-state index contributed by atoms with van der Waals surface area (Å²) in [5.41, 5.74) is 2.87. The highest BCUT2D eigenvalue weighted by atomic mass is 32.1. The van der Waals surface area contributed by atoms with E-state index in [1.54, 1.807) is 0 Å². The Kier molecular flexibility index (Phi) is 5.82. The highest BCUT2D eigenvalue weighted by Gasteiger charge is 2.13. The SMILES string of the molecule is CC(C)(C)c1ccc(/C=c2\sc(=C(C#N)C#N)n(Cc3ccccc3)c2=O)cc1. The molecule has 0 saturated heterocycles. The number of aromatic nitrogens is 1. The molecular weight excluding hydrogens is 378 g/mol. The highest BCUT2D eigenvalue weighted by Crippen LogP contribution is 2.22. The summed E-state index contributed by atoms with van der Waals surface area (Å²) >= 11 is 1.18. The van der Waals surface area contributed by atoms with Gasteiger partial charge in [-0.05, 0) is 28.2 Å². The van der Waals surface area contributed by atoms with Crippen molar-refractivity contribution in [1.29, 1.82) is 10.5 Å². The fraction of sp³-hybridized carbons (Fsp3) is 0.208. The first-order valence-corrected chi connectivity index (χ1v) is 10.1. The van der Waals surface area contributed by atoms with Gasteiger partial charge in [-0.2, -0.15) is 10.5 Å². The van der Waals surface area contributed by atoms with Gasteiger partial charge in [0.1, 0.15) is 16.8 Å². The quantitative estimate of drug-likeness (QED) is 0.679. The fourth-order valence-electron chi connectivity index (χ4n) is 2.97. The Bertz CT molecular complexity index is 1260. The summed E-state index contributed by atoms with van der Waals surface area (Å²) in [5, 5.41) is 18.7. The molecule has 0 aliphatic rings. The van der Waals surface area contributed by atoms with Gasteiger partial charge in [0.25, 0.3) is 5.56 Å². The molecule has 0 N–H and O–H groups in total. The molecule has 4 nitrogen and oxygen atoms in total. The normalized spacial score (nSPS) is 11.7. The third-order valence-corrected chi connectivity index (χ3v) is 5.73. The van der Waals surface area contributed by atoms with Crippen molar-refractivity contribution in [1.82, 2.24) is 4.57 Å². The zero-order valence-corrected chi connectivity index (χ0v) is 17.5. The Morgan fingerprint density at radius 1 is 1.03 bits per heavy atom. The number of thiazole rings is 1. The van der Waals surface area contributed by atoms with E-state index in [1.807, 2.05) is 60.7 Å². The first kappa shape index (κ1) is 20.3. The van der Waals surface area contributed by atoms with E-state index < -0.39 is 0 Å². The minimum atomic E-state index is -0.197. The zero-order valence-electron chi connectivity index (χ0n) is 16.6. The van der Waals surface area contributed by atoms with E-state index in [1.165, 1.54) is 21.5 Å². The van der Waals surface area contributed by atoms with Gasteiger partial charge in [0.2, 0.25) is 0 Å². The third-order valence-electron chi connectivity index (χ3n) is 4.60. The largest absolute Gasteiger partial charge is 0.293 e. The standard InChI is InChI=1S/C24H21N3OS/c1-24(2,3)20-11-9-17(10-12-20)13-21-22(28)27(16-18-7-5-4-6-8-18)23(29-21)19(14-25)15-26/h4-13H,16H2,1-3H3/b21-13-. The summed E-state index contributed by atoms with van der Waals surface area (Å²) in [6, 6.07) is 21.5. The van der Waals surface area contributed by atoms with E-state index in [0.717, 1.165) is 11.1 Å². The molecule has 144 valence electrons. The Morgan fingerprint density at radius 3 is 2.21 bits per heavy atom. The molecule has 29 heavy (non-hydrogen) atoms. The average Bonchev–Trinajstić information content (AvgIpc) is 2.99. The maximum atomic E-state index is 13.1. The molecule has 0 aliphatic carbocycles.